The molecule has 1 aromatic carbocycles. The lowest BCUT2D eigenvalue weighted by atomic mass is 9.71. The highest BCUT2D eigenvalue weighted by molar-refractivity contribution is 6.70. The Balaban J connectivity index is 1.80. The van der Waals surface area contributed by atoms with Gasteiger partial charge in [-0.15, -0.1) is 0 Å². The molecule has 3 aliphatic rings. The molecule has 0 radical (unpaired) electrons. The molecular weight excluding hydrogens is 414 g/mol. The zero-order chi connectivity index (χ0) is 22.4. The summed E-state index contributed by atoms with van der Waals surface area (Å²) in [5, 5.41) is 0. The highest BCUT2D eigenvalue weighted by atomic mass is 28.4. The Morgan fingerprint density at radius 1 is 1.16 bits per heavy atom. The zero-order valence-corrected chi connectivity index (χ0v) is 20.0. The normalized spacial score (nSPS) is 32.6. The van der Waals surface area contributed by atoms with Gasteiger partial charge in [-0.05, 0) is 51.7 Å². The molecule has 0 amide bonds. The largest absolute Gasteiger partial charge is 0.547 e. The third kappa shape index (κ3) is 4.22. The van der Waals surface area contributed by atoms with Gasteiger partial charge in [0.2, 0.25) is 14.2 Å². The molecule has 4 rings (SSSR count). The Kier molecular flexibility index (Phi) is 5.62. The smallest absolute Gasteiger partial charge is 0.344 e. The fourth-order valence-electron chi connectivity index (χ4n) is 4.52. The van der Waals surface area contributed by atoms with Crippen LogP contribution in [0.4, 0.5) is 0 Å². The number of rotatable bonds is 5. The standard InChI is InChI=1S/C23H31NO6Si/c1-22(2)27-14-18(29-22)17-12-16(30-31(4,5)6)13-19(26-3)23(17)21(25)28-20(24-23)15-10-8-7-9-11-15/h7-11,13,17-19H,12,14H2,1-6H3/t17-,18+,19+,23+/m0/s1. The van der Waals surface area contributed by atoms with Crippen LogP contribution in [0, 0.1) is 5.92 Å². The Morgan fingerprint density at radius 2 is 1.87 bits per heavy atom. The van der Waals surface area contributed by atoms with Crippen LogP contribution in [0.1, 0.15) is 25.8 Å². The molecule has 0 bridgehead atoms. The third-order valence-electron chi connectivity index (χ3n) is 5.75. The summed E-state index contributed by atoms with van der Waals surface area (Å²) < 4.78 is 29.9. The lowest BCUT2D eigenvalue weighted by Gasteiger charge is -2.43. The molecule has 1 aromatic rings. The molecule has 168 valence electrons. The SMILES string of the molecule is CO[C@@H]1C=C(O[Si](C)(C)C)C[C@@H]([C@H]2COC(C)(C)O2)[C@@]12N=C(c1ccccc1)OC2=O. The number of hydrogen-bond donors (Lipinski definition) is 0. The van der Waals surface area contributed by atoms with Gasteiger partial charge in [-0.25, -0.2) is 9.79 Å². The van der Waals surface area contributed by atoms with E-state index in [0.29, 0.717) is 18.9 Å². The minimum atomic E-state index is -1.87. The first-order chi connectivity index (χ1) is 14.5. The van der Waals surface area contributed by atoms with Crippen molar-refractivity contribution in [3.8, 4) is 0 Å². The number of hydrogen-bond acceptors (Lipinski definition) is 7. The van der Waals surface area contributed by atoms with E-state index in [0.717, 1.165) is 11.3 Å². The number of allylic oxidation sites excluding steroid dienone is 1. The molecule has 2 aliphatic heterocycles. The van der Waals surface area contributed by atoms with E-state index in [2.05, 4.69) is 19.6 Å². The maximum Gasteiger partial charge on any atom is 0.344 e. The Morgan fingerprint density at radius 3 is 2.45 bits per heavy atom. The van der Waals surface area contributed by atoms with Crippen LogP contribution in [0.2, 0.25) is 19.6 Å². The molecule has 2 heterocycles. The van der Waals surface area contributed by atoms with Gasteiger partial charge in [0.25, 0.3) is 0 Å². The van der Waals surface area contributed by atoms with Gasteiger partial charge in [0, 0.05) is 25.0 Å². The average Bonchev–Trinajstić information content (AvgIpc) is 3.23. The van der Waals surface area contributed by atoms with Crippen molar-refractivity contribution in [2.75, 3.05) is 13.7 Å². The Hall–Kier alpha value is -2.00. The van der Waals surface area contributed by atoms with Gasteiger partial charge in [-0.1, -0.05) is 18.2 Å². The second kappa shape index (κ2) is 7.85. The van der Waals surface area contributed by atoms with Gasteiger partial charge in [0.15, 0.2) is 11.3 Å². The summed E-state index contributed by atoms with van der Waals surface area (Å²) in [6.45, 7) is 10.5. The van der Waals surface area contributed by atoms with E-state index in [9.17, 15) is 4.79 Å². The first-order valence-electron chi connectivity index (χ1n) is 10.7. The summed E-state index contributed by atoms with van der Waals surface area (Å²) in [5.41, 5.74) is -0.515. The third-order valence-corrected chi connectivity index (χ3v) is 6.63. The minimum absolute atomic E-state index is 0.304. The summed E-state index contributed by atoms with van der Waals surface area (Å²) in [5.74, 6) is -0.404. The number of esters is 1. The molecule has 1 saturated heterocycles. The van der Waals surface area contributed by atoms with Crippen molar-refractivity contribution in [2.45, 2.75) is 63.4 Å². The molecule has 0 N–H and O–H groups in total. The van der Waals surface area contributed by atoms with Crippen LogP contribution in [-0.4, -0.2) is 57.4 Å². The van der Waals surface area contributed by atoms with Gasteiger partial charge in [-0.3, -0.25) is 0 Å². The van der Waals surface area contributed by atoms with Crippen LogP contribution < -0.4 is 0 Å². The van der Waals surface area contributed by atoms with Gasteiger partial charge in [0.1, 0.15) is 6.10 Å². The lowest BCUT2D eigenvalue weighted by Crippen LogP contribution is -2.58. The molecule has 7 nitrogen and oxygen atoms in total. The summed E-state index contributed by atoms with van der Waals surface area (Å²) >= 11 is 0. The molecule has 0 unspecified atom stereocenters. The van der Waals surface area contributed by atoms with Crippen molar-refractivity contribution in [3.05, 3.63) is 47.7 Å². The monoisotopic (exact) mass is 445 g/mol. The van der Waals surface area contributed by atoms with E-state index in [1.54, 1.807) is 7.11 Å². The predicted molar refractivity (Wildman–Crippen MR) is 118 cm³/mol. The summed E-state index contributed by atoms with van der Waals surface area (Å²) in [6.07, 6.45) is 1.38. The lowest BCUT2D eigenvalue weighted by molar-refractivity contribution is -0.163. The molecular formula is C23H31NO6Si. The summed E-state index contributed by atoms with van der Waals surface area (Å²) in [4.78, 5) is 18.3. The Bertz CT molecular complexity index is 906. The second-order valence-electron chi connectivity index (χ2n) is 9.68. The quantitative estimate of drug-likeness (QED) is 0.509. The maximum absolute atomic E-state index is 13.4. The van der Waals surface area contributed by atoms with Gasteiger partial charge in [0.05, 0.1) is 18.5 Å². The van der Waals surface area contributed by atoms with E-state index in [1.807, 2.05) is 50.3 Å². The molecule has 0 aromatic heterocycles. The van der Waals surface area contributed by atoms with Gasteiger partial charge >= 0.3 is 5.97 Å². The average molecular weight is 446 g/mol. The summed E-state index contributed by atoms with van der Waals surface area (Å²) in [6, 6.07) is 9.43. The van der Waals surface area contributed by atoms with E-state index >= 15 is 0 Å². The first kappa shape index (κ1) is 22.2. The molecule has 1 spiro atoms. The predicted octanol–water partition coefficient (Wildman–Crippen LogP) is 3.65. The van der Waals surface area contributed by atoms with Crippen molar-refractivity contribution >= 4 is 20.2 Å². The number of benzene rings is 1. The Labute approximate surface area is 184 Å². The summed E-state index contributed by atoms with van der Waals surface area (Å²) in [7, 11) is -0.287. The van der Waals surface area contributed by atoms with Crippen LogP contribution in [0.3, 0.4) is 0 Å². The molecule has 8 heteroatoms. The van der Waals surface area contributed by atoms with Crippen LogP contribution in [0.25, 0.3) is 0 Å². The molecule has 4 atom stereocenters. The zero-order valence-electron chi connectivity index (χ0n) is 19.0. The van der Waals surface area contributed by atoms with Crippen LogP contribution in [0.5, 0.6) is 0 Å². The maximum atomic E-state index is 13.4. The van der Waals surface area contributed by atoms with Crippen LogP contribution in [-0.2, 0) is 28.2 Å². The fraction of sp³-hybridized carbons (Fsp3) is 0.565. The number of nitrogens with zero attached hydrogens (tertiary/aromatic N) is 1. The van der Waals surface area contributed by atoms with Gasteiger partial charge in [-0.2, -0.15) is 0 Å². The number of carbonyl (C=O) groups excluding carboxylic acids is 1. The topological polar surface area (TPSA) is 75.6 Å². The number of methoxy groups -OCH3 is 1. The van der Waals surface area contributed by atoms with E-state index in [1.165, 1.54) is 0 Å². The second-order valence-corrected chi connectivity index (χ2v) is 14.1. The van der Waals surface area contributed by atoms with E-state index in [4.69, 9.17) is 28.4 Å². The number of ether oxygens (including phenoxy) is 4. The van der Waals surface area contributed by atoms with Crippen molar-refractivity contribution in [1.82, 2.24) is 0 Å². The molecule has 1 fully saturated rings. The van der Waals surface area contributed by atoms with E-state index < -0.39 is 31.7 Å². The molecule has 31 heavy (non-hydrogen) atoms. The van der Waals surface area contributed by atoms with Crippen molar-refractivity contribution < 1.29 is 28.2 Å². The number of cyclic esters (lactones) is 1. The van der Waals surface area contributed by atoms with Crippen molar-refractivity contribution in [3.63, 3.8) is 0 Å². The minimum Gasteiger partial charge on any atom is -0.547 e. The van der Waals surface area contributed by atoms with Crippen molar-refractivity contribution in [2.24, 2.45) is 10.9 Å². The van der Waals surface area contributed by atoms with Crippen LogP contribution in [0.15, 0.2) is 47.2 Å². The number of carbonyl (C=O) groups is 1. The number of aliphatic imine (C=N–C) groups is 1. The highest BCUT2D eigenvalue weighted by Gasteiger charge is 2.63. The highest BCUT2D eigenvalue weighted by Crippen LogP contribution is 2.47. The van der Waals surface area contributed by atoms with Crippen molar-refractivity contribution in [1.29, 1.82) is 0 Å². The first-order valence-corrected chi connectivity index (χ1v) is 14.1. The van der Waals surface area contributed by atoms with E-state index in [-0.39, 0.29) is 12.0 Å². The van der Waals surface area contributed by atoms with Gasteiger partial charge < -0.3 is 23.4 Å². The molecule has 0 saturated carbocycles. The fourth-order valence-corrected chi connectivity index (χ4v) is 5.45. The van der Waals surface area contributed by atoms with Crippen LogP contribution >= 0.6 is 0 Å². The molecule has 1 aliphatic carbocycles.